The van der Waals surface area contributed by atoms with Crippen LogP contribution in [-0.2, 0) is 9.53 Å². The van der Waals surface area contributed by atoms with E-state index in [1.807, 2.05) is 0 Å². The second kappa shape index (κ2) is 6.74. The van der Waals surface area contributed by atoms with E-state index in [1.54, 1.807) is 0 Å². The fourth-order valence-corrected chi connectivity index (χ4v) is 2.89. The zero-order chi connectivity index (χ0) is 12.8. The smallest absolute Gasteiger partial charge is 0.306 e. The molecule has 0 radical (unpaired) electrons. The minimum Gasteiger partial charge on any atom is -0.469 e. The second-order valence-electron chi connectivity index (χ2n) is 5.13. The Bertz CT molecular complexity index is 340. The molecule has 2 aliphatic rings. The van der Waals surface area contributed by atoms with Gasteiger partial charge in [0.25, 0.3) is 0 Å². The van der Waals surface area contributed by atoms with Gasteiger partial charge in [-0.1, -0.05) is 24.6 Å². The lowest BCUT2D eigenvalue weighted by Gasteiger charge is -2.32. The summed E-state index contributed by atoms with van der Waals surface area (Å²) in [7, 11) is 1.47. The molecule has 3 nitrogen and oxygen atoms in total. The van der Waals surface area contributed by atoms with Crippen molar-refractivity contribution in [3.8, 4) is 0 Å². The molecule has 0 spiro atoms. The molecule has 1 saturated heterocycles. The number of rotatable bonds is 4. The summed E-state index contributed by atoms with van der Waals surface area (Å²) < 4.78 is 4.84. The molecule has 0 bridgehead atoms. The number of piperidine rings is 1. The number of carbonyl (C=O) groups is 1. The van der Waals surface area contributed by atoms with Gasteiger partial charge in [0.15, 0.2) is 0 Å². The lowest BCUT2D eigenvalue weighted by Crippen LogP contribution is -2.41. The Balaban J connectivity index is 2.08. The van der Waals surface area contributed by atoms with Crippen LogP contribution < -0.4 is 5.32 Å². The summed E-state index contributed by atoms with van der Waals surface area (Å²) in [6.07, 6.45) is 13.0. The molecule has 1 fully saturated rings. The standard InChI is InChI=1S/C15H23NO2/c1-18-15(17)11-13(12-7-3-2-4-8-12)14-9-5-6-10-16-14/h3,7-8,13-14,16H,2,4-6,9-11H2,1H3. The van der Waals surface area contributed by atoms with Crippen molar-refractivity contribution in [1.29, 1.82) is 0 Å². The van der Waals surface area contributed by atoms with Crippen molar-refractivity contribution in [3.63, 3.8) is 0 Å². The number of carbonyl (C=O) groups excluding carboxylic acids is 1. The van der Waals surface area contributed by atoms with Crippen LogP contribution in [0.25, 0.3) is 0 Å². The highest BCUT2D eigenvalue weighted by atomic mass is 16.5. The third-order valence-corrected chi connectivity index (χ3v) is 3.90. The van der Waals surface area contributed by atoms with Crippen molar-refractivity contribution in [2.75, 3.05) is 13.7 Å². The Kier molecular flexibility index (Phi) is 5.00. The maximum absolute atomic E-state index is 11.6. The van der Waals surface area contributed by atoms with Gasteiger partial charge in [0, 0.05) is 12.0 Å². The molecule has 1 aliphatic heterocycles. The van der Waals surface area contributed by atoms with Crippen molar-refractivity contribution in [1.82, 2.24) is 5.32 Å². The highest BCUT2D eigenvalue weighted by Gasteiger charge is 2.28. The van der Waals surface area contributed by atoms with E-state index in [2.05, 4.69) is 23.5 Å². The fourth-order valence-electron chi connectivity index (χ4n) is 2.89. The van der Waals surface area contributed by atoms with Crippen molar-refractivity contribution in [2.45, 2.75) is 44.6 Å². The third kappa shape index (κ3) is 3.45. The molecule has 2 unspecified atom stereocenters. The van der Waals surface area contributed by atoms with Crippen LogP contribution in [0.15, 0.2) is 23.8 Å². The number of hydrogen-bond donors (Lipinski definition) is 1. The van der Waals surface area contributed by atoms with Gasteiger partial charge >= 0.3 is 5.97 Å². The first kappa shape index (κ1) is 13.3. The van der Waals surface area contributed by atoms with Crippen molar-refractivity contribution < 1.29 is 9.53 Å². The molecular weight excluding hydrogens is 226 g/mol. The molecule has 18 heavy (non-hydrogen) atoms. The lowest BCUT2D eigenvalue weighted by atomic mass is 9.82. The fraction of sp³-hybridized carbons (Fsp3) is 0.667. The largest absolute Gasteiger partial charge is 0.469 e. The maximum atomic E-state index is 11.6. The highest BCUT2D eigenvalue weighted by Crippen LogP contribution is 2.28. The van der Waals surface area contributed by atoms with E-state index in [-0.39, 0.29) is 11.9 Å². The van der Waals surface area contributed by atoms with Crippen LogP contribution in [-0.4, -0.2) is 25.7 Å². The molecule has 100 valence electrons. The zero-order valence-corrected chi connectivity index (χ0v) is 11.2. The SMILES string of the molecule is COC(=O)CC(C1=CCCC=C1)C1CCCCN1. The molecule has 0 amide bonds. The van der Waals surface area contributed by atoms with Crippen LogP contribution in [0.1, 0.15) is 38.5 Å². The topological polar surface area (TPSA) is 38.3 Å². The Labute approximate surface area is 109 Å². The van der Waals surface area contributed by atoms with Gasteiger partial charge in [0.05, 0.1) is 13.5 Å². The minimum atomic E-state index is -0.104. The van der Waals surface area contributed by atoms with Crippen LogP contribution in [0.2, 0.25) is 0 Å². The summed E-state index contributed by atoms with van der Waals surface area (Å²) in [5, 5.41) is 3.56. The van der Waals surface area contributed by atoms with Gasteiger partial charge in [0.1, 0.15) is 0 Å². The first-order chi connectivity index (χ1) is 8.81. The molecule has 0 aromatic carbocycles. The van der Waals surface area contributed by atoms with Crippen LogP contribution in [0.4, 0.5) is 0 Å². The molecule has 0 saturated carbocycles. The quantitative estimate of drug-likeness (QED) is 0.778. The Hall–Kier alpha value is -1.09. The molecule has 0 aromatic rings. The summed E-state index contributed by atoms with van der Waals surface area (Å²) >= 11 is 0. The number of nitrogens with one attached hydrogen (secondary N) is 1. The van der Waals surface area contributed by atoms with E-state index in [1.165, 1.54) is 25.5 Å². The van der Waals surface area contributed by atoms with Gasteiger partial charge < -0.3 is 10.1 Å². The van der Waals surface area contributed by atoms with Gasteiger partial charge in [-0.25, -0.2) is 0 Å². The van der Waals surface area contributed by atoms with Gasteiger partial charge in [-0.2, -0.15) is 0 Å². The van der Waals surface area contributed by atoms with E-state index in [0.29, 0.717) is 12.5 Å². The summed E-state index contributed by atoms with van der Waals surface area (Å²) in [6.45, 7) is 1.07. The predicted molar refractivity (Wildman–Crippen MR) is 72.2 cm³/mol. The van der Waals surface area contributed by atoms with Gasteiger partial charge in [0.2, 0.25) is 0 Å². The number of hydrogen-bond acceptors (Lipinski definition) is 3. The molecule has 1 heterocycles. The van der Waals surface area contributed by atoms with Gasteiger partial charge in [-0.05, 0) is 37.8 Å². The van der Waals surface area contributed by atoms with E-state index in [9.17, 15) is 4.79 Å². The Morgan fingerprint density at radius 1 is 1.50 bits per heavy atom. The molecule has 2 atom stereocenters. The summed E-state index contributed by atoms with van der Waals surface area (Å²) in [5.74, 6) is 0.168. The van der Waals surface area contributed by atoms with Crippen molar-refractivity contribution >= 4 is 5.97 Å². The first-order valence-corrected chi connectivity index (χ1v) is 6.98. The van der Waals surface area contributed by atoms with E-state index < -0.39 is 0 Å². The summed E-state index contributed by atoms with van der Waals surface area (Å²) in [4.78, 5) is 11.6. The minimum absolute atomic E-state index is 0.104. The average molecular weight is 249 g/mol. The zero-order valence-electron chi connectivity index (χ0n) is 11.2. The monoisotopic (exact) mass is 249 g/mol. The first-order valence-electron chi connectivity index (χ1n) is 6.98. The van der Waals surface area contributed by atoms with Gasteiger partial charge in [-0.15, -0.1) is 0 Å². The predicted octanol–water partition coefficient (Wildman–Crippen LogP) is 2.58. The summed E-state index contributed by atoms with van der Waals surface area (Å²) in [5.41, 5.74) is 1.31. The Morgan fingerprint density at radius 2 is 2.39 bits per heavy atom. The van der Waals surface area contributed by atoms with Crippen LogP contribution in [0, 0.1) is 5.92 Å². The summed E-state index contributed by atoms with van der Waals surface area (Å²) in [6, 6.07) is 0.423. The molecule has 1 aliphatic carbocycles. The number of ether oxygens (including phenoxy) is 1. The molecule has 1 N–H and O–H groups in total. The lowest BCUT2D eigenvalue weighted by molar-refractivity contribution is -0.141. The van der Waals surface area contributed by atoms with Crippen LogP contribution >= 0.6 is 0 Å². The molecule has 3 heteroatoms. The van der Waals surface area contributed by atoms with E-state index in [0.717, 1.165) is 25.8 Å². The normalized spacial score (nSPS) is 25.4. The van der Waals surface area contributed by atoms with Crippen molar-refractivity contribution in [3.05, 3.63) is 23.8 Å². The van der Waals surface area contributed by atoms with Gasteiger partial charge in [-0.3, -0.25) is 4.79 Å². The highest BCUT2D eigenvalue weighted by molar-refractivity contribution is 5.70. The molecular formula is C15H23NO2. The average Bonchev–Trinajstić information content (AvgIpc) is 2.46. The Morgan fingerprint density at radius 3 is 3.00 bits per heavy atom. The number of methoxy groups -OCH3 is 1. The maximum Gasteiger partial charge on any atom is 0.306 e. The molecule has 2 rings (SSSR count). The third-order valence-electron chi connectivity index (χ3n) is 3.90. The number of esters is 1. The van der Waals surface area contributed by atoms with Crippen LogP contribution in [0.5, 0.6) is 0 Å². The molecule has 0 aromatic heterocycles. The van der Waals surface area contributed by atoms with Crippen molar-refractivity contribution in [2.24, 2.45) is 5.92 Å². The van der Waals surface area contributed by atoms with E-state index >= 15 is 0 Å². The van der Waals surface area contributed by atoms with Crippen LogP contribution in [0.3, 0.4) is 0 Å². The second-order valence-corrected chi connectivity index (χ2v) is 5.13. The number of allylic oxidation sites excluding steroid dienone is 3. The van der Waals surface area contributed by atoms with E-state index in [4.69, 9.17) is 4.74 Å².